The SMILES string of the molecule is O=C(O)CC(C(=O)O)C1(C(CC(=O)O)C(=O)O)OC=CO1. The zero-order chi connectivity index (χ0) is 16.2. The normalized spacial score (nSPS) is 18.1. The number of aliphatic carboxylic acids is 4. The van der Waals surface area contributed by atoms with Crippen LogP contribution < -0.4 is 0 Å². The first kappa shape index (κ1) is 16.3. The van der Waals surface area contributed by atoms with Gasteiger partial charge in [-0.05, 0) is 0 Å². The molecule has 1 heterocycles. The van der Waals surface area contributed by atoms with E-state index in [-0.39, 0.29) is 0 Å². The van der Waals surface area contributed by atoms with Crippen LogP contribution in [0.5, 0.6) is 0 Å². The summed E-state index contributed by atoms with van der Waals surface area (Å²) in [6.07, 6.45) is -0.314. The molecule has 0 amide bonds. The van der Waals surface area contributed by atoms with Crippen molar-refractivity contribution in [2.75, 3.05) is 0 Å². The van der Waals surface area contributed by atoms with E-state index in [0.717, 1.165) is 12.5 Å². The quantitative estimate of drug-likeness (QED) is 0.461. The summed E-state index contributed by atoms with van der Waals surface area (Å²) in [5.41, 5.74) is 0. The van der Waals surface area contributed by atoms with Gasteiger partial charge in [0.15, 0.2) is 0 Å². The van der Waals surface area contributed by atoms with Crippen molar-refractivity contribution in [3.8, 4) is 0 Å². The molecule has 0 saturated heterocycles. The molecule has 21 heavy (non-hydrogen) atoms. The second-order valence-electron chi connectivity index (χ2n) is 4.21. The molecule has 0 spiro atoms. The minimum Gasteiger partial charge on any atom is -0.481 e. The van der Waals surface area contributed by atoms with E-state index in [0.29, 0.717) is 0 Å². The van der Waals surface area contributed by atoms with E-state index < -0.39 is 54.3 Å². The Morgan fingerprint density at radius 2 is 1.14 bits per heavy atom. The van der Waals surface area contributed by atoms with Crippen molar-refractivity contribution in [1.29, 1.82) is 0 Å². The second kappa shape index (κ2) is 6.11. The van der Waals surface area contributed by atoms with Gasteiger partial charge in [-0.25, -0.2) is 0 Å². The van der Waals surface area contributed by atoms with Crippen LogP contribution in [0.25, 0.3) is 0 Å². The smallest absolute Gasteiger partial charge is 0.315 e. The van der Waals surface area contributed by atoms with E-state index in [9.17, 15) is 19.2 Å². The van der Waals surface area contributed by atoms with Gasteiger partial charge in [0.1, 0.15) is 24.4 Å². The molecule has 0 aromatic heterocycles. The summed E-state index contributed by atoms with van der Waals surface area (Å²) in [6.45, 7) is 0. The largest absolute Gasteiger partial charge is 0.481 e. The minimum atomic E-state index is -2.44. The number of carboxylic acids is 4. The lowest BCUT2D eigenvalue weighted by Crippen LogP contribution is -2.53. The summed E-state index contributed by atoms with van der Waals surface area (Å²) < 4.78 is 9.80. The Hall–Kier alpha value is -2.78. The lowest BCUT2D eigenvalue weighted by Gasteiger charge is -2.36. The molecule has 10 nitrogen and oxygen atoms in total. The average molecular weight is 304 g/mol. The Morgan fingerprint density at radius 1 is 0.810 bits per heavy atom. The zero-order valence-electron chi connectivity index (χ0n) is 10.5. The van der Waals surface area contributed by atoms with Gasteiger partial charge in [0.25, 0.3) is 5.79 Å². The van der Waals surface area contributed by atoms with Gasteiger partial charge in [0, 0.05) is 0 Å². The summed E-state index contributed by atoms with van der Waals surface area (Å²) >= 11 is 0. The molecule has 0 bridgehead atoms. The Morgan fingerprint density at radius 3 is 1.38 bits per heavy atom. The fourth-order valence-corrected chi connectivity index (χ4v) is 2.02. The Bertz CT molecular complexity index is 449. The summed E-state index contributed by atoms with van der Waals surface area (Å²) in [7, 11) is 0. The maximum atomic E-state index is 11.2. The first-order chi connectivity index (χ1) is 9.70. The molecule has 0 radical (unpaired) electrons. The van der Waals surface area contributed by atoms with Gasteiger partial charge in [-0.3, -0.25) is 19.2 Å². The molecule has 0 aliphatic carbocycles. The highest BCUT2D eigenvalue weighted by Gasteiger charge is 2.58. The van der Waals surface area contributed by atoms with Crippen molar-refractivity contribution in [2.45, 2.75) is 18.6 Å². The monoisotopic (exact) mass is 304 g/mol. The lowest BCUT2D eigenvalue weighted by atomic mass is 9.82. The van der Waals surface area contributed by atoms with Gasteiger partial charge in [0.05, 0.1) is 12.8 Å². The molecule has 1 aliphatic heterocycles. The molecule has 2 atom stereocenters. The molecule has 0 aromatic carbocycles. The number of hydrogen-bond acceptors (Lipinski definition) is 6. The first-order valence-electron chi connectivity index (χ1n) is 5.60. The maximum absolute atomic E-state index is 11.2. The summed E-state index contributed by atoms with van der Waals surface area (Å²) in [5, 5.41) is 35.7. The summed E-state index contributed by atoms with van der Waals surface area (Å²) in [6, 6.07) is 0. The van der Waals surface area contributed by atoms with Gasteiger partial charge in [-0.15, -0.1) is 0 Å². The number of rotatable bonds is 8. The van der Waals surface area contributed by atoms with E-state index in [1.54, 1.807) is 0 Å². The van der Waals surface area contributed by atoms with E-state index >= 15 is 0 Å². The highest BCUT2D eigenvalue weighted by atomic mass is 16.7. The third kappa shape index (κ3) is 3.41. The molecule has 0 saturated carbocycles. The van der Waals surface area contributed by atoms with E-state index in [1.807, 2.05) is 0 Å². The Kier molecular flexibility index (Phi) is 4.74. The molecule has 1 rings (SSSR count). The number of carbonyl (C=O) groups is 4. The van der Waals surface area contributed by atoms with Crippen molar-refractivity contribution in [3.05, 3.63) is 12.5 Å². The third-order valence-electron chi connectivity index (χ3n) is 2.89. The molecular weight excluding hydrogens is 292 g/mol. The van der Waals surface area contributed by atoms with Crippen molar-refractivity contribution >= 4 is 23.9 Å². The molecule has 1 aliphatic rings. The highest BCUT2D eigenvalue weighted by Crippen LogP contribution is 2.40. The predicted molar refractivity (Wildman–Crippen MR) is 60.8 cm³/mol. The van der Waals surface area contributed by atoms with Crippen LogP contribution in [0.4, 0.5) is 0 Å². The van der Waals surface area contributed by atoms with Crippen molar-refractivity contribution in [3.63, 3.8) is 0 Å². The zero-order valence-corrected chi connectivity index (χ0v) is 10.5. The standard InChI is InChI=1S/C11H12O10/c12-7(13)3-5(9(16)17)11(20-1-2-21-11)6(10(18)19)4-8(14)15/h1-2,5-6H,3-4H2,(H,12,13)(H,14,15)(H,16,17)(H,18,19). The van der Waals surface area contributed by atoms with E-state index in [4.69, 9.17) is 29.9 Å². The van der Waals surface area contributed by atoms with Crippen LogP contribution in [-0.4, -0.2) is 50.1 Å². The molecule has 2 unspecified atom stereocenters. The van der Waals surface area contributed by atoms with Crippen LogP contribution in [0, 0.1) is 11.8 Å². The topological polar surface area (TPSA) is 168 Å². The third-order valence-corrected chi connectivity index (χ3v) is 2.89. The molecule has 0 aromatic rings. The van der Waals surface area contributed by atoms with Crippen LogP contribution in [0.2, 0.25) is 0 Å². The first-order valence-corrected chi connectivity index (χ1v) is 5.60. The summed E-state index contributed by atoms with van der Waals surface area (Å²) in [5.74, 6) is -12.7. The average Bonchev–Trinajstić information content (AvgIpc) is 2.82. The molecule has 116 valence electrons. The minimum absolute atomic E-state index is 0.843. The van der Waals surface area contributed by atoms with Crippen LogP contribution in [0.15, 0.2) is 12.5 Å². The fraction of sp³-hybridized carbons (Fsp3) is 0.455. The predicted octanol–water partition coefficient (Wildman–Crippen LogP) is -0.448. The van der Waals surface area contributed by atoms with Crippen LogP contribution >= 0.6 is 0 Å². The highest BCUT2D eigenvalue weighted by molar-refractivity contribution is 5.83. The molecular formula is C11H12O10. The molecule has 10 heteroatoms. The van der Waals surface area contributed by atoms with E-state index in [1.165, 1.54) is 0 Å². The Balaban J connectivity index is 3.26. The number of ether oxygens (including phenoxy) is 2. The molecule has 4 N–H and O–H groups in total. The van der Waals surface area contributed by atoms with E-state index in [2.05, 4.69) is 0 Å². The number of hydrogen-bond donors (Lipinski definition) is 4. The maximum Gasteiger partial charge on any atom is 0.315 e. The van der Waals surface area contributed by atoms with Gasteiger partial charge < -0.3 is 29.9 Å². The molecule has 0 fully saturated rings. The summed E-state index contributed by atoms with van der Waals surface area (Å²) in [4.78, 5) is 44.0. The van der Waals surface area contributed by atoms with Crippen LogP contribution in [0.3, 0.4) is 0 Å². The van der Waals surface area contributed by atoms with Crippen LogP contribution in [-0.2, 0) is 28.7 Å². The van der Waals surface area contributed by atoms with Crippen molar-refractivity contribution in [2.24, 2.45) is 11.8 Å². The fourth-order valence-electron chi connectivity index (χ4n) is 2.02. The van der Waals surface area contributed by atoms with Gasteiger partial charge >= 0.3 is 23.9 Å². The van der Waals surface area contributed by atoms with Crippen molar-refractivity contribution in [1.82, 2.24) is 0 Å². The second-order valence-corrected chi connectivity index (χ2v) is 4.21. The van der Waals surface area contributed by atoms with Gasteiger partial charge in [-0.2, -0.15) is 0 Å². The number of carboxylic acid groups (broad SMARTS) is 4. The van der Waals surface area contributed by atoms with Crippen molar-refractivity contribution < 1.29 is 49.1 Å². The van der Waals surface area contributed by atoms with Gasteiger partial charge in [-0.1, -0.05) is 0 Å². The van der Waals surface area contributed by atoms with Crippen LogP contribution in [0.1, 0.15) is 12.8 Å². The lowest BCUT2D eigenvalue weighted by molar-refractivity contribution is -0.232. The van der Waals surface area contributed by atoms with Gasteiger partial charge in [0.2, 0.25) is 0 Å². The Labute approximate surface area is 117 Å².